The van der Waals surface area contributed by atoms with E-state index in [4.69, 9.17) is 0 Å². The molecule has 0 atom stereocenters. The molecule has 76 valence electrons. The lowest BCUT2D eigenvalue weighted by atomic mass is 10.0. The molecule has 0 radical (unpaired) electrons. The minimum Gasteiger partial charge on any atom is -0.342 e. The van der Waals surface area contributed by atoms with Crippen molar-refractivity contribution >= 4 is 6.29 Å². The van der Waals surface area contributed by atoms with Crippen LogP contribution in [0.2, 0.25) is 0 Å². The maximum absolute atomic E-state index is 10.7. The van der Waals surface area contributed by atoms with Gasteiger partial charge in [0.05, 0.1) is 12.0 Å². The number of carbonyl (C=O) groups excluding carboxylic acids is 1. The van der Waals surface area contributed by atoms with Crippen LogP contribution in [0.15, 0.2) is 24.5 Å². The minimum absolute atomic E-state index is 0.526. The van der Waals surface area contributed by atoms with Gasteiger partial charge in [-0.25, -0.2) is 4.98 Å². The number of nitrogens with zero attached hydrogens (tertiary/aromatic N) is 1. The van der Waals surface area contributed by atoms with Crippen LogP contribution in [-0.4, -0.2) is 16.3 Å². The van der Waals surface area contributed by atoms with Crippen LogP contribution < -0.4 is 0 Å². The second kappa shape index (κ2) is 3.69. The highest BCUT2D eigenvalue weighted by molar-refractivity contribution is 5.83. The van der Waals surface area contributed by atoms with Crippen LogP contribution in [-0.2, 0) is 0 Å². The third kappa shape index (κ3) is 1.68. The number of carbonyl (C=O) groups is 1. The van der Waals surface area contributed by atoms with Gasteiger partial charge in [-0.3, -0.25) is 4.79 Å². The van der Waals surface area contributed by atoms with Gasteiger partial charge in [0.2, 0.25) is 0 Å². The highest BCUT2D eigenvalue weighted by Gasteiger charge is 2.07. The Labute approximate surface area is 88.2 Å². The second-order valence-electron chi connectivity index (χ2n) is 3.58. The van der Waals surface area contributed by atoms with Crippen LogP contribution in [0.1, 0.15) is 21.6 Å². The number of benzene rings is 1. The largest absolute Gasteiger partial charge is 0.342 e. The Morgan fingerprint density at radius 3 is 2.73 bits per heavy atom. The van der Waals surface area contributed by atoms with Crippen molar-refractivity contribution in [3.8, 4) is 11.3 Å². The number of nitrogens with one attached hydrogen (secondary N) is 1. The topological polar surface area (TPSA) is 45.8 Å². The zero-order valence-corrected chi connectivity index (χ0v) is 8.74. The van der Waals surface area contributed by atoms with Gasteiger partial charge < -0.3 is 4.98 Å². The fourth-order valence-electron chi connectivity index (χ4n) is 1.51. The summed E-state index contributed by atoms with van der Waals surface area (Å²) >= 11 is 0. The monoisotopic (exact) mass is 200 g/mol. The lowest BCUT2D eigenvalue weighted by molar-refractivity contribution is 0.112. The number of rotatable bonds is 2. The third-order valence-electron chi connectivity index (χ3n) is 2.57. The summed E-state index contributed by atoms with van der Waals surface area (Å²) in [5, 5.41) is 0. The van der Waals surface area contributed by atoms with Crippen molar-refractivity contribution in [2.75, 3.05) is 0 Å². The van der Waals surface area contributed by atoms with Gasteiger partial charge >= 0.3 is 0 Å². The molecule has 0 aliphatic rings. The molecule has 1 heterocycles. The highest BCUT2D eigenvalue weighted by Crippen LogP contribution is 2.21. The zero-order chi connectivity index (χ0) is 10.8. The maximum Gasteiger partial charge on any atom is 0.168 e. The molecule has 0 aliphatic heterocycles. The van der Waals surface area contributed by atoms with E-state index in [2.05, 4.69) is 16.9 Å². The lowest BCUT2D eigenvalue weighted by Gasteiger charge is -2.03. The molecule has 0 saturated carbocycles. The van der Waals surface area contributed by atoms with Crippen LogP contribution in [0.5, 0.6) is 0 Å². The van der Waals surface area contributed by atoms with E-state index in [0.29, 0.717) is 11.4 Å². The van der Waals surface area contributed by atoms with Gasteiger partial charge in [0.15, 0.2) is 6.29 Å². The van der Waals surface area contributed by atoms with Crippen LogP contribution >= 0.6 is 0 Å². The summed E-state index contributed by atoms with van der Waals surface area (Å²) in [4.78, 5) is 17.7. The van der Waals surface area contributed by atoms with E-state index in [1.54, 1.807) is 0 Å². The number of imidazole rings is 1. The first-order valence-electron chi connectivity index (χ1n) is 4.78. The van der Waals surface area contributed by atoms with E-state index in [0.717, 1.165) is 11.8 Å². The molecule has 0 unspecified atom stereocenters. The van der Waals surface area contributed by atoms with Crippen LogP contribution in [0.3, 0.4) is 0 Å². The summed E-state index contributed by atoms with van der Waals surface area (Å²) < 4.78 is 0. The first-order valence-corrected chi connectivity index (χ1v) is 4.78. The molecule has 1 aromatic carbocycles. The van der Waals surface area contributed by atoms with Crippen molar-refractivity contribution < 1.29 is 4.79 Å². The average Bonchev–Trinajstić information content (AvgIpc) is 2.70. The fraction of sp³-hybridized carbons (Fsp3) is 0.167. The molecule has 3 nitrogen and oxygen atoms in total. The summed E-state index contributed by atoms with van der Waals surface area (Å²) in [6, 6.07) is 6.05. The van der Waals surface area contributed by atoms with Crippen molar-refractivity contribution in [1.29, 1.82) is 0 Å². The number of aldehydes is 1. The first kappa shape index (κ1) is 9.65. The van der Waals surface area contributed by atoms with Crippen molar-refractivity contribution in [3.05, 3.63) is 41.3 Å². The molecular formula is C12H12N2O. The lowest BCUT2D eigenvalue weighted by Crippen LogP contribution is -1.88. The fourth-order valence-corrected chi connectivity index (χ4v) is 1.51. The van der Waals surface area contributed by atoms with Gasteiger partial charge in [0, 0.05) is 5.56 Å². The highest BCUT2D eigenvalue weighted by atomic mass is 16.1. The minimum atomic E-state index is 0.526. The van der Waals surface area contributed by atoms with Gasteiger partial charge in [-0.15, -0.1) is 0 Å². The molecule has 2 aromatic rings. The molecule has 0 fully saturated rings. The van der Waals surface area contributed by atoms with Gasteiger partial charge in [0.25, 0.3) is 0 Å². The van der Waals surface area contributed by atoms with E-state index in [-0.39, 0.29) is 0 Å². The Balaban J connectivity index is 2.54. The number of aromatic nitrogens is 2. The maximum atomic E-state index is 10.7. The molecule has 1 aromatic heterocycles. The Kier molecular flexibility index (Phi) is 2.37. The van der Waals surface area contributed by atoms with Gasteiger partial charge in [-0.1, -0.05) is 12.1 Å². The molecule has 2 rings (SSSR count). The Bertz CT molecular complexity index is 500. The molecule has 0 aliphatic carbocycles. The molecule has 0 amide bonds. The Morgan fingerprint density at radius 1 is 1.27 bits per heavy atom. The summed E-state index contributed by atoms with van der Waals surface area (Å²) in [7, 11) is 0. The first-order chi connectivity index (χ1) is 7.22. The van der Waals surface area contributed by atoms with Crippen molar-refractivity contribution in [1.82, 2.24) is 9.97 Å². The summed E-state index contributed by atoms with van der Waals surface area (Å²) in [6.07, 6.45) is 2.33. The molecule has 15 heavy (non-hydrogen) atoms. The van der Waals surface area contributed by atoms with Crippen LogP contribution in [0.25, 0.3) is 11.3 Å². The van der Waals surface area contributed by atoms with E-state index in [9.17, 15) is 4.79 Å². The summed E-state index contributed by atoms with van der Waals surface area (Å²) in [5.74, 6) is 0. The average molecular weight is 200 g/mol. The van der Waals surface area contributed by atoms with Gasteiger partial charge in [-0.2, -0.15) is 0 Å². The van der Waals surface area contributed by atoms with Gasteiger partial charge in [-0.05, 0) is 31.0 Å². The number of hydrogen-bond donors (Lipinski definition) is 1. The van der Waals surface area contributed by atoms with E-state index >= 15 is 0 Å². The molecule has 0 spiro atoms. The van der Waals surface area contributed by atoms with Crippen molar-refractivity contribution in [2.24, 2.45) is 0 Å². The Hall–Kier alpha value is -1.90. The predicted molar refractivity (Wildman–Crippen MR) is 58.9 cm³/mol. The normalized spacial score (nSPS) is 10.3. The van der Waals surface area contributed by atoms with Crippen molar-refractivity contribution in [2.45, 2.75) is 13.8 Å². The molecule has 0 bridgehead atoms. The van der Waals surface area contributed by atoms with Crippen LogP contribution in [0.4, 0.5) is 0 Å². The number of hydrogen-bond acceptors (Lipinski definition) is 2. The van der Waals surface area contributed by atoms with E-state index in [1.807, 2.05) is 25.1 Å². The Morgan fingerprint density at radius 2 is 2.07 bits per heavy atom. The third-order valence-corrected chi connectivity index (χ3v) is 2.57. The second-order valence-corrected chi connectivity index (χ2v) is 3.58. The molecule has 1 N–H and O–H groups in total. The van der Waals surface area contributed by atoms with E-state index < -0.39 is 0 Å². The molecular weight excluding hydrogens is 188 g/mol. The SMILES string of the molecule is Cc1ccc(-c2nc[nH]c2C=O)cc1C. The molecule has 3 heteroatoms. The van der Waals surface area contributed by atoms with Crippen LogP contribution in [0, 0.1) is 13.8 Å². The zero-order valence-electron chi connectivity index (χ0n) is 8.74. The number of H-pyrrole nitrogens is 1. The number of aryl methyl sites for hydroxylation is 2. The predicted octanol–water partition coefficient (Wildman–Crippen LogP) is 2.51. The standard InChI is InChI=1S/C12H12N2O/c1-8-3-4-10(5-9(8)2)12-11(6-15)13-7-14-12/h3-7H,1-2H3,(H,13,14). The number of aromatic amines is 1. The summed E-state index contributed by atoms with van der Waals surface area (Å²) in [5.41, 5.74) is 4.65. The van der Waals surface area contributed by atoms with E-state index in [1.165, 1.54) is 17.5 Å². The van der Waals surface area contributed by atoms with Crippen molar-refractivity contribution in [3.63, 3.8) is 0 Å². The quantitative estimate of drug-likeness (QED) is 0.757. The summed E-state index contributed by atoms with van der Waals surface area (Å²) in [6.45, 7) is 4.11. The van der Waals surface area contributed by atoms with Gasteiger partial charge in [0.1, 0.15) is 5.69 Å². The smallest absolute Gasteiger partial charge is 0.168 e. The molecule has 0 saturated heterocycles.